The second-order valence-corrected chi connectivity index (χ2v) is 6.68. The minimum Gasteiger partial charge on any atom is -0.371 e. The van der Waals surface area contributed by atoms with Crippen LogP contribution in [0.4, 0.5) is 10.1 Å². The van der Waals surface area contributed by atoms with E-state index < -0.39 is 11.7 Å². The summed E-state index contributed by atoms with van der Waals surface area (Å²) in [5.41, 5.74) is 0.914. The summed E-state index contributed by atoms with van der Waals surface area (Å²) in [6.45, 7) is 5.20. The molecule has 2 aliphatic heterocycles. The van der Waals surface area contributed by atoms with Crippen LogP contribution in [-0.2, 0) is 0 Å². The van der Waals surface area contributed by atoms with Crippen LogP contribution in [0.3, 0.4) is 0 Å². The van der Waals surface area contributed by atoms with Crippen molar-refractivity contribution in [2.45, 2.75) is 32.2 Å². The number of nitrogens with zero attached hydrogens (tertiary/aromatic N) is 3. The molecule has 0 bridgehead atoms. The highest BCUT2D eigenvalue weighted by Gasteiger charge is 2.25. The Labute approximate surface area is 142 Å². The van der Waals surface area contributed by atoms with Gasteiger partial charge >= 0.3 is 0 Å². The van der Waals surface area contributed by atoms with Crippen LogP contribution in [-0.4, -0.2) is 43.0 Å². The maximum atomic E-state index is 14.4. The van der Waals surface area contributed by atoms with Gasteiger partial charge in [-0.1, -0.05) is 13.3 Å². The fourth-order valence-corrected chi connectivity index (χ4v) is 3.52. The molecule has 0 aromatic heterocycles. The lowest BCUT2D eigenvalue weighted by Crippen LogP contribution is -2.36. The molecule has 5 nitrogen and oxygen atoms in total. The third-order valence-electron chi connectivity index (χ3n) is 5.09. The Hall–Kier alpha value is -2.29. The highest BCUT2D eigenvalue weighted by Crippen LogP contribution is 2.27. The van der Waals surface area contributed by atoms with Gasteiger partial charge in [0.05, 0.1) is 5.56 Å². The summed E-state index contributed by atoms with van der Waals surface area (Å²) in [7, 11) is 0. The first kappa shape index (κ1) is 16.6. The first-order chi connectivity index (χ1) is 11.6. The molecular formula is C18H23FN4O. The van der Waals surface area contributed by atoms with Crippen molar-refractivity contribution in [3.8, 4) is 6.19 Å². The number of rotatable bonds is 4. The summed E-state index contributed by atoms with van der Waals surface area (Å²) >= 11 is 0. The molecule has 2 atom stereocenters. The molecule has 0 saturated carbocycles. The topological polar surface area (TPSA) is 59.4 Å². The lowest BCUT2D eigenvalue weighted by Gasteiger charge is -2.19. The minimum atomic E-state index is -0.486. The van der Waals surface area contributed by atoms with Crippen molar-refractivity contribution in [2.24, 2.45) is 5.92 Å². The van der Waals surface area contributed by atoms with Gasteiger partial charge in [0.15, 0.2) is 6.19 Å². The first-order valence-corrected chi connectivity index (χ1v) is 8.60. The molecule has 128 valence electrons. The normalized spacial score (nSPS) is 23.4. The molecule has 1 aromatic carbocycles. The standard InChI is InChI=1S/C18H23FN4O/c1-2-13-5-8-23(10-13)15-3-4-16(17(19)9-15)18(24)21-14-6-7-22(11-14)12-20/h3-4,9,13-14H,2,5-8,10-11H2,1H3,(H,21,24)/t13-,14+/m0/s1. The number of anilines is 1. The van der Waals surface area contributed by atoms with Crippen LogP contribution in [0.2, 0.25) is 0 Å². The Morgan fingerprint density at radius 3 is 2.83 bits per heavy atom. The fraction of sp³-hybridized carbons (Fsp3) is 0.556. The van der Waals surface area contributed by atoms with Gasteiger partial charge in [0.25, 0.3) is 5.91 Å². The number of carbonyl (C=O) groups is 1. The molecular weight excluding hydrogens is 307 g/mol. The second kappa shape index (κ2) is 7.08. The predicted molar refractivity (Wildman–Crippen MR) is 90.1 cm³/mol. The number of hydrogen-bond donors (Lipinski definition) is 1. The van der Waals surface area contributed by atoms with Crippen molar-refractivity contribution < 1.29 is 9.18 Å². The molecule has 6 heteroatoms. The molecule has 1 aromatic rings. The van der Waals surface area contributed by atoms with E-state index in [1.54, 1.807) is 11.0 Å². The molecule has 0 spiro atoms. The number of likely N-dealkylation sites (tertiary alicyclic amines) is 1. The van der Waals surface area contributed by atoms with E-state index >= 15 is 0 Å². The van der Waals surface area contributed by atoms with Crippen molar-refractivity contribution in [2.75, 3.05) is 31.1 Å². The molecule has 1 N–H and O–H groups in total. The lowest BCUT2D eigenvalue weighted by molar-refractivity contribution is 0.0935. The smallest absolute Gasteiger partial charge is 0.254 e. The third-order valence-corrected chi connectivity index (χ3v) is 5.09. The van der Waals surface area contributed by atoms with E-state index in [1.807, 2.05) is 6.07 Å². The Balaban J connectivity index is 1.64. The maximum absolute atomic E-state index is 14.4. The highest BCUT2D eigenvalue weighted by atomic mass is 19.1. The summed E-state index contributed by atoms with van der Waals surface area (Å²) in [5, 5.41) is 11.7. The quantitative estimate of drug-likeness (QED) is 0.861. The van der Waals surface area contributed by atoms with Gasteiger partial charge in [-0.05, 0) is 37.0 Å². The monoisotopic (exact) mass is 330 g/mol. The molecule has 2 saturated heterocycles. The number of carbonyl (C=O) groups excluding carboxylic acids is 1. The van der Waals surface area contributed by atoms with Crippen molar-refractivity contribution in [1.29, 1.82) is 5.26 Å². The van der Waals surface area contributed by atoms with Crippen LogP contribution in [0.15, 0.2) is 18.2 Å². The van der Waals surface area contributed by atoms with E-state index in [2.05, 4.69) is 23.3 Å². The fourth-order valence-electron chi connectivity index (χ4n) is 3.52. The van der Waals surface area contributed by atoms with Crippen LogP contribution in [0.5, 0.6) is 0 Å². The summed E-state index contributed by atoms with van der Waals surface area (Å²) in [6.07, 6.45) is 5.06. The summed E-state index contributed by atoms with van der Waals surface area (Å²) in [4.78, 5) is 16.1. The van der Waals surface area contributed by atoms with E-state index in [4.69, 9.17) is 5.26 Å². The van der Waals surface area contributed by atoms with E-state index in [0.717, 1.165) is 31.6 Å². The van der Waals surface area contributed by atoms with E-state index in [1.165, 1.54) is 6.07 Å². The van der Waals surface area contributed by atoms with Gasteiger partial charge in [0.1, 0.15) is 5.82 Å². The number of benzene rings is 1. The molecule has 0 unspecified atom stereocenters. The Kier molecular flexibility index (Phi) is 4.89. The zero-order valence-corrected chi connectivity index (χ0v) is 14.0. The molecule has 2 heterocycles. The zero-order valence-electron chi connectivity index (χ0n) is 14.0. The number of nitriles is 1. The zero-order chi connectivity index (χ0) is 17.1. The predicted octanol–water partition coefficient (Wildman–Crippen LogP) is 2.35. The molecule has 2 aliphatic rings. The summed E-state index contributed by atoms with van der Waals surface area (Å²) in [5.74, 6) is -0.224. The van der Waals surface area contributed by atoms with Crippen LogP contribution >= 0.6 is 0 Å². The van der Waals surface area contributed by atoms with Crippen LogP contribution < -0.4 is 10.2 Å². The number of halogens is 1. The molecule has 0 aliphatic carbocycles. The van der Waals surface area contributed by atoms with Gasteiger partial charge in [-0.2, -0.15) is 5.26 Å². The lowest BCUT2D eigenvalue weighted by atomic mass is 10.1. The average molecular weight is 330 g/mol. The van der Waals surface area contributed by atoms with Crippen molar-refractivity contribution >= 4 is 11.6 Å². The van der Waals surface area contributed by atoms with Crippen LogP contribution in [0.1, 0.15) is 36.5 Å². The van der Waals surface area contributed by atoms with Crippen LogP contribution in [0, 0.1) is 23.2 Å². The van der Waals surface area contributed by atoms with Crippen molar-refractivity contribution in [3.63, 3.8) is 0 Å². The molecule has 0 radical (unpaired) electrons. The number of nitrogens with one attached hydrogen (secondary N) is 1. The molecule has 3 rings (SSSR count). The first-order valence-electron chi connectivity index (χ1n) is 8.60. The summed E-state index contributed by atoms with van der Waals surface area (Å²) < 4.78 is 14.4. The number of hydrogen-bond acceptors (Lipinski definition) is 4. The van der Waals surface area contributed by atoms with E-state index in [-0.39, 0.29) is 11.6 Å². The SMILES string of the molecule is CC[C@H]1CCN(c2ccc(C(=O)N[C@@H]3CCN(C#N)C3)c(F)c2)C1. The molecule has 1 amide bonds. The van der Waals surface area contributed by atoms with E-state index in [0.29, 0.717) is 25.4 Å². The highest BCUT2D eigenvalue weighted by molar-refractivity contribution is 5.95. The van der Waals surface area contributed by atoms with Crippen molar-refractivity contribution in [1.82, 2.24) is 10.2 Å². The molecule has 2 fully saturated rings. The van der Waals surface area contributed by atoms with Crippen LogP contribution in [0.25, 0.3) is 0 Å². The maximum Gasteiger partial charge on any atom is 0.254 e. The van der Waals surface area contributed by atoms with Crippen molar-refractivity contribution in [3.05, 3.63) is 29.6 Å². The molecule has 24 heavy (non-hydrogen) atoms. The van der Waals surface area contributed by atoms with Gasteiger partial charge in [-0.25, -0.2) is 4.39 Å². The minimum absolute atomic E-state index is 0.0698. The Morgan fingerprint density at radius 1 is 1.38 bits per heavy atom. The Bertz CT molecular complexity index is 657. The van der Waals surface area contributed by atoms with Gasteiger partial charge in [-0.15, -0.1) is 0 Å². The largest absolute Gasteiger partial charge is 0.371 e. The average Bonchev–Trinajstić information content (AvgIpc) is 3.23. The summed E-state index contributed by atoms with van der Waals surface area (Å²) in [6, 6.07) is 4.76. The van der Waals surface area contributed by atoms with Gasteiger partial charge in [0.2, 0.25) is 0 Å². The van der Waals surface area contributed by atoms with Gasteiger partial charge in [0, 0.05) is 37.9 Å². The third kappa shape index (κ3) is 3.45. The van der Waals surface area contributed by atoms with Gasteiger partial charge < -0.3 is 15.1 Å². The number of amides is 1. The Morgan fingerprint density at radius 2 is 2.21 bits per heavy atom. The van der Waals surface area contributed by atoms with Gasteiger partial charge in [-0.3, -0.25) is 4.79 Å². The van der Waals surface area contributed by atoms with E-state index in [9.17, 15) is 9.18 Å². The second-order valence-electron chi connectivity index (χ2n) is 6.68.